The van der Waals surface area contributed by atoms with Gasteiger partial charge < -0.3 is 5.32 Å². The highest BCUT2D eigenvalue weighted by atomic mass is 32.2. The maximum Gasteiger partial charge on any atom is 0.256 e. The number of sulfone groups is 1. The molecule has 3 aromatic rings. The molecule has 1 aromatic carbocycles. The van der Waals surface area contributed by atoms with Crippen LogP contribution in [0.4, 0.5) is 5.82 Å². The Hall–Kier alpha value is -2.94. The molecule has 0 bridgehead atoms. The van der Waals surface area contributed by atoms with Crippen molar-refractivity contribution >= 4 is 21.6 Å². The van der Waals surface area contributed by atoms with Crippen LogP contribution in [0.15, 0.2) is 36.4 Å². The number of rotatable bonds is 4. The van der Waals surface area contributed by atoms with Gasteiger partial charge in [-0.25, -0.2) is 17.8 Å². The van der Waals surface area contributed by atoms with E-state index in [-0.39, 0.29) is 23.5 Å². The number of nitrogens with one attached hydrogen (secondary N) is 1. The van der Waals surface area contributed by atoms with Crippen molar-refractivity contribution in [3.05, 3.63) is 59.0 Å². The summed E-state index contributed by atoms with van der Waals surface area (Å²) in [5, 5.41) is 11.8. The van der Waals surface area contributed by atoms with Gasteiger partial charge in [0, 0.05) is 17.3 Å². The largest absolute Gasteiger partial charge is 0.307 e. The number of carbonyl (C=O) groups excluding carboxylic acids is 1. The Labute approximate surface area is 169 Å². The van der Waals surface area contributed by atoms with Crippen LogP contribution < -0.4 is 5.32 Å². The van der Waals surface area contributed by atoms with Gasteiger partial charge in [0.05, 0.1) is 34.6 Å². The minimum Gasteiger partial charge on any atom is -0.307 e. The first-order valence-corrected chi connectivity index (χ1v) is 11.3. The molecule has 0 aliphatic carbocycles. The molecule has 1 atom stereocenters. The van der Waals surface area contributed by atoms with Gasteiger partial charge in [0.2, 0.25) is 0 Å². The van der Waals surface area contributed by atoms with Gasteiger partial charge in [-0.1, -0.05) is 6.07 Å². The molecule has 1 amide bonds. The summed E-state index contributed by atoms with van der Waals surface area (Å²) >= 11 is 0. The first-order valence-electron chi connectivity index (χ1n) is 9.43. The third kappa shape index (κ3) is 3.95. The molecule has 0 saturated carbocycles. The molecule has 1 saturated heterocycles. The van der Waals surface area contributed by atoms with Gasteiger partial charge in [0.15, 0.2) is 9.84 Å². The number of benzene rings is 1. The van der Waals surface area contributed by atoms with Crippen molar-refractivity contribution in [2.75, 3.05) is 16.8 Å². The van der Waals surface area contributed by atoms with E-state index in [1.54, 1.807) is 27.6 Å². The monoisotopic (exact) mass is 413 g/mol. The number of carbonyl (C=O) groups is 1. The topological polar surface area (TPSA) is 98.9 Å². The van der Waals surface area contributed by atoms with Crippen LogP contribution in [0.2, 0.25) is 0 Å². The van der Waals surface area contributed by atoms with Crippen LogP contribution >= 0.6 is 0 Å². The maximum atomic E-state index is 12.9. The van der Waals surface area contributed by atoms with Crippen molar-refractivity contribution in [1.29, 1.82) is 0 Å². The van der Waals surface area contributed by atoms with Crippen molar-refractivity contribution in [3.63, 3.8) is 0 Å². The number of nitrogens with zero attached hydrogens (tertiary/aromatic N) is 4. The summed E-state index contributed by atoms with van der Waals surface area (Å²) in [7, 11) is -3.05. The lowest BCUT2D eigenvalue weighted by molar-refractivity contribution is 0.102. The van der Waals surface area contributed by atoms with Crippen LogP contribution in [0.5, 0.6) is 0 Å². The average Bonchev–Trinajstić information content (AvgIpc) is 3.31. The predicted molar refractivity (Wildman–Crippen MR) is 110 cm³/mol. The van der Waals surface area contributed by atoms with Gasteiger partial charge in [-0.15, -0.1) is 0 Å². The lowest BCUT2D eigenvalue weighted by Gasteiger charge is -2.14. The quantitative estimate of drug-likeness (QED) is 0.709. The number of aromatic nitrogens is 4. The third-order valence-corrected chi connectivity index (χ3v) is 6.77. The van der Waals surface area contributed by atoms with Crippen molar-refractivity contribution in [2.45, 2.75) is 33.2 Å². The summed E-state index contributed by atoms with van der Waals surface area (Å²) in [5.41, 5.74) is 3.90. The Bertz CT molecular complexity index is 1190. The zero-order valence-electron chi connectivity index (χ0n) is 16.6. The van der Waals surface area contributed by atoms with Crippen molar-refractivity contribution in [2.24, 2.45) is 0 Å². The zero-order chi connectivity index (χ0) is 20.8. The van der Waals surface area contributed by atoms with Gasteiger partial charge in [-0.3, -0.25) is 4.79 Å². The summed E-state index contributed by atoms with van der Waals surface area (Å²) in [6.45, 7) is 5.70. The highest BCUT2D eigenvalue weighted by Gasteiger charge is 2.31. The van der Waals surface area contributed by atoms with Gasteiger partial charge in [-0.05, 0) is 51.5 Å². The first kappa shape index (κ1) is 19.4. The van der Waals surface area contributed by atoms with E-state index in [9.17, 15) is 13.2 Å². The van der Waals surface area contributed by atoms with Crippen LogP contribution in [0.3, 0.4) is 0 Å². The SMILES string of the molecule is Cc1cc(C)n(-c2cccc(C(=O)Nc3cc(C)nn3[C@H]3CCS(=O)(=O)C3)c2)n1. The summed E-state index contributed by atoms with van der Waals surface area (Å²) in [4.78, 5) is 12.9. The molecule has 4 rings (SSSR count). The Morgan fingerprint density at radius 3 is 2.52 bits per heavy atom. The molecule has 8 nitrogen and oxygen atoms in total. The van der Waals surface area contributed by atoms with Crippen LogP contribution in [-0.2, 0) is 9.84 Å². The van der Waals surface area contributed by atoms with E-state index in [1.165, 1.54) is 0 Å². The summed E-state index contributed by atoms with van der Waals surface area (Å²) in [5.74, 6) is 0.417. The van der Waals surface area contributed by atoms with E-state index in [0.717, 1.165) is 22.8 Å². The number of anilines is 1. The maximum absolute atomic E-state index is 12.9. The Kier molecular flexibility index (Phi) is 4.77. The molecule has 152 valence electrons. The van der Waals surface area contributed by atoms with Crippen LogP contribution in [0.25, 0.3) is 5.69 Å². The number of hydrogen-bond acceptors (Lipinski definition) is 5. The average molecular weight is 414 g/mol. The second-order valence-corrected chi connectivity index (χ2v) is 9.74. The number of amides is 1. The van der Waals surface area contributed by atoms with Crippen LogP contribution in [0, 0.1) is 20.8 Å². The lowest BCUT2D eigenvalue weighted by atomic mass is 10.2. The molecule has 3 heterocycles. The van der Waals surface area contributed by atoms with E-state index >= 15 is 0 Å². The predicted octanol–water partition coefficient (Wildman–Crippen LogP) is 2.61. The molecule has 0 radical (unpaired) electrons. The molecule has 1 N–H and O–H groups in total. The fourth-order valence-electron chi connectivity index (χ4n) is 3.71. The van der Waals surface area contributed by atoms with Gasteiger partial charge >= 0.3 is 0 Å². The summed E-state index contributed by atoms with van der Waals surface area (Å²) in [6.07, 6.45) is 0.500. The molecule has 29 heavy (non-hydrogen) atoms. The smallest absolute Gasteiger partial charge is 0.256 e. The minimum absolute atomic E-state index is 0.0460. The molecule has 9 heteroatoms. The third-order valence-electron chi connectivity index (χ3n) is 5.02. The highest BCUT2D eigenvalue weighted by molar-refractivity contribution is 7.91. The number of hydrogen-bond donors (Lipinski definition) is 1. The molecule has 2 aromatic heterocycles. The van der Waals surface area contributed by atoms with Crippen molar-refractivity contribution in [1.82, 2.24) is 19.6 Å². The summed E-state index contributed by atoms with van der Waals surface area (Å²) in [6, 6.07) is 10.7. The van der Waals surface area contributed by atoms with E-state index in [2.05, 4.69) is 15.5 Å². The lowest BCUT2D eigenvalue weighted by Crippen LogP contribution is -2.19. The minimum atomic E-state index is -3.05. The molecular formula is C20H23N5O3S. The van der Waals surface area contributed by atoms with Crippen LogP contribution in [-0.4, -0.2) is 45.4 Å². The van der Waals surface area contributed by atoms with E-state index in [1.807, 2.05) is 39.0 Å². The Morgan fingerprint density at radius 2 is 1.86 bits per heavy atom. The number of aryl methyl sites for hydroxylation is 3. The molecule has 1 aliphatic rings. The van der Waals surface area contributed by atoms with Crippen molar-refractivity contribution < 1.29 is 13.2 Å². The Balaban J connectivity index is 1.60. The molecule has 0 unspecified atom stereocenters. The van der Waals surface area contributed by atoms with Crippen molar-refractivity contribution in [3.8, 4) is 5.69 Å². The van der Waals surface area contributed by atoms with Gasteiger partial charge in [0.25, 0.3) is 5.91 Å². The fraction of sp³-hybridized carbons (Fsp3) is 0.350. The van der Waals surface area contributed by atoms with E-state index < -0.39 is 9.84 Å². The van der Waals surface area contributed by atoms with E-state index in [4.69, 9.17) is 0 Å². The molecule has 1 aliphatic heterocycles. The summed E-state index contributed by atoms with van der Waals surface area (Å²) < 4.78 is 27.1. The second kappa shape index (κ2) is 7.14. The zero-order valence-corrected chi connectivity index (χ0v) is 17.4. The Morgan fingerprint density at radius 1 is 1.10 bits per heavy atom. The first-order chi connectivity index (χ1) is 13.7. The second-order valence-electron chi connectivity index (χ2n) is 7.52. The highest BCUT2D eigenvalue weighted by Crippen LogP contribution is 2.27. The molecular weight excluding hydrogens is 390 g/mol. The van der Waals surface area contributed by atoms with Gasteiger partial charge in [-0.2, -0.15) is 10.2 Å². The normalized spacial score (nSPS) is 18.1. The van der Waals surface area contributed by atoms with Crippen LogP contribution in [0.1, 0.15) is 39.9 Å². The molecule has 0 spiro atoms. The molecule has 1 fully saturated rings. The van der Waals surface area contributed by atoms with E-state index in [0.29, 0.717) is 17.8 Å². The standard InChI is InChI=1S/C20H23N5O3S/c1-13-9-15(3)24(22-13)17-6-4-5-16(11-17)20(26)21-19-10-14(2)23-25(19)18-7-8-29(27,28)12-18/h4-6,9-11,18H,7-8,12H2,1-3H3,(H,21,26)/t18-/m0/s1. The fourth-order valence-corrected chi connectivity index (χ4v) is 5.41. The van der Waals surface area contributed by atoms with Gasteiger partial charge in [0.1, 0.15) is 5.82 Å².